The standard InChI is InChI=1S/C24H14Br2FNO4/c1-13-5-4-6-15(9-13)23(29)31-21-17(25)10-14(11-18(21)26)12-20-24(30)32-22(28-20)16-7-2-3-8-19(16)27/h2-12H,1H3/b20-12-. The zero-order valence-corrected chi connectivity index (χ0v) is 19.7. The third kappa shape index (κ3) is 4.71. The lowest BCUT2D eigenvalue weighted by Gasteiger charge is -2.10. The highest BCUT2D eigenvalue weighted by Gasteiger charge is 2.26. The van der Waals surface area contributed by atoms with Crippen molar-refractivity contribution in [2.45, 2.75) is 6.92 Å². The number of cyclic esters (lactones) is 1. The molecule has 1 heterocycles. The first-order valence-electron chi connectivity index (χ1n) is 9.37. The summed E-state index contributed by atoms with van der Waals surface area (Å²) in [5, 5.41) is 0. The number of hydrogen-bond acceptors (Lipinski definition) is 5. The van der Waals surface area contributed by atoms with Gasteiger partial charge in [-0.15, -0.1) is 0 Å². The third-order valence-electron chi connectivity index (χ3n) is 4.50. The van der Waals surface area contributed by atoms with Crippen molar-refractivity contribution in [3.05, 3.63) is 103 Å². The Balaban J connectivity index is 1.60. The molecule has 5 nitrogen and oxygen atoms in total. The third-order valence-corrected chi connectivity index (χ3v) is 5.68. The Morgan fingerprint density at radius 2 is 1.78 bits per heavy atom. The van der Waals surface area contributed by atoms with Gasteiger partial charge >= 0.3 is 11.9 Å². The van der Waals surface area contributed by atoms with Crippen LogP contribution < -0.4 is 4.74 Å². The molecule has 0 aromatic heterocycles. The molecule has 1 aliphatic heterocycles. The van der Waals surface area contributed by atoms with Crippen molar-refractivity contribution in [2.75, 3.05) is 0 Å². The Kier molecular flexibility index (Phi) is 6.34. The lowest BCUT2D eigenvalue weighted by atomic mass is 10.1. The lowest BCUT2D eigenvalue weighted by Crippen LogP contribution is -2.09. The molecule has 0 aliphatic carbocycles. The highest BCUT2D eigenvalue weighted by atomic mass is 79.9. The zero-order chi connectivity index (χ0) is 22.8. The summed E-state index contributed by atoms with van der Waals surface area (Å²) in [4.78, 5) is 28.8. The average molecular weight is 559 g/mol. The number of carbonyl (C=O) groups is 2. The van der Waals surface area contributed by atoms with Gasteiger partial charge in [-0.1, -0.05) is 29.8 Å². The first-order chi connectivity index (χ1) is 15.3. The van der Waals surface area contributed by atoms with E-state index in [9.17, 15) is 14.0 Å². The fourth-order valence-electron chi connectivity index (χ4n) is 3.00. The van der Waals surface area contributed by atoms with Gasteiger partial charge in [-0.3, -0.25) is 0 Å². The average Bonchev–Trinajstić information content (AvgIpc) is 3.11. The Labute approximate surface area is 199 Å². The summed E-state index contributed by atoms with van der Waals surface area (Å²) < 4.78 is 25.6. The van der Waals surface area contributed by atoms with Crippen LogP contribution in [0.5, 0.6) is 5.75 Å². The predicted molar refractivity (Wildman–Crippen MR) is 125 cm³/mol. The van der Waals surface area contributed by atoms with Crippen molar-refractivity contribution < 1.29 is 23.5 Å². The number of benzene rings is 3. The molecule has 0 radical (unpaired) electrons. The van der Waals surface area contributed by atoms with E-state index in [0.717, 1.165) is 5.56 Å². The molecule has 3 aromatic rings. The normalized spacial score (nSPS) is 14.3. The molecule has 32 heavy (non-hydrogen) atoms. The van der Waals surface area contributed by atoms with E-state index in [-0.39, 0.29) is 17.2 Å². The summed E-state index contributed by atoms with van der Waals surface area (Å²) in [7, 11) is 0. The van der Waals surface area contributed by atoms with Crippen LogP contribution in [-0.2, 0) is 9.53 Å². The fraction of sp³-hybridized carbons (Fsp3) is 0.0417. The van der Waals surface area contributed by atoms with Gasteiger partial charge in [-0.05, 0) is 86.8 Å². The van der Waals surface area contributed by atoms with Crippen LogP contribution >= 0.6 is 31.9 Å². The van der Waals surface area contributed by atoms with Crippen LogP contribution in [-0.4, -0.2) is 17.8 Å². The second-order valence-corrected chi connectivity index (χ2v) is 8.60. The monoisotopic (exact) mass is 557 g/mol. The van der Waals surface area contributed by atoms with Crippen LogP contribution in [0.4, 0.5) is 4.39 Å². The molecule has 160 valence electrons. The first kappa shape index (κ1) is 22.1. The maximum Gasteiger partial charge on any atom is 0.363 e. The fourth-order valence-corrected chi connectivity index (χ4v) is 4.38. The van der Waals surface area contributed by atoms with Crippen LogP contribution in [0.1, 0.15) is 27.0 Å². The molecule has 0 saturated carbocycles. The molecule has 0 fully saturated rings. The number of halogens is 3. The highest BCUT2D eigenvalue weighted by Crippen LogP contribution is 2.36. The largest absolute Gasteiger partial charge is 0.421 e. The first-order valence-corrected chi connectivity index (χ1v) is 11.0. The van der Waals surface area contributed by atoms with Gasteiger partial charge in [0.15, 0.2) is 11.4 Å². The zero-order valence-electron chi connectivity index (χ0n) is 16.6. The summed E-state index contributed by atoms with van der Waals surface area (Å²) in [5.41, 5.74) is 2.08. The molecule has 0 spiro atoms. The van der Waals surface area contributed by atoms with E-state index < -0.39 is 17.8 Å². The van der Waals surface area contributed by atoms with Gasteiger partial charge in [0.05, 0.1) is 20.1 Å². The quantitative estimate of drug-likeness (QED) is 0.216. The van der Waals surface area contributed by atoms with Gasteiger partial charge in [0.1, 0.15) is 5.82 Å². The Morgan fingerprint density at radius 3 is 2.47 bits per heavy atom. The van der Waals surface area contributed by atoms with Crippen molar-refractivity contribution in [3.8, 4) is 5.75 Å². The SMILES string of the molecule is Cc1cccc(C(=O)Oc2c(Br)cc(/C=C3\N=C(c4ccccc4F)OC3=O)cc2Br)c1. The van der Waals surface area contributed by atoms with Crippen molar-refractivity contribution in [2.24, 2.45) is 4.99 Å². The van der Waals surface area contributed by atoms with E-state index in [1.165, 1.54) is 24.3 Å². The van der Waals surface area contributed by atoms with Crippen molar-refractivity contribution in [3.63, 3.8) is 0 Å². The number of rotatable bonds is 4. The molecular weight excluding hydrogens is 545 g/mol. The molecule has 0 bridgehead atoms. The van der Waals surface area contributed by atoms with Gasteiger partial charge in [-0.25, -0.2) is 19.0 Å². The maximum absolute atomic E-state index is 14.0. The number of hydrogen-bond donors (Lipinski definition) is 0. The lowest BCUT2D eigenvalue weighted by molar-refractivity contribution is -0.129. The Morgan fingerprint density at radius 1 is 1.06 bits per heavy atom. The van der Waals surface area contributed by atoms with Gasteiger partial charge in [0.25, 0.3) is 0 Å². The second kappa shape index (κ2) is 9.18. The second-order valence-electron chi connectivity index (χ2n) is 6.89. The van der Waals surface area contributed by atoms with Crippen LogP contribution in [0.15, 0.2) is 80.3 Å². The smallest absolute Gasteiger partial charge is 0.363 e. The van der Waals surface area contributed by atoms with E-state index in [1.807, 2.05) is 13.0 Å². The van der Waals surface area contributed by atoms with E-state index >= 15 is 0 Å². The molecule has 0 N–H and O–H groups in total. The molecule has 0 amide bonds. The molecule has 0 unspecified atom stereocenters. The van der Waals surface area contributed by atoms with Crippen LogP contribution in [0.3, 0.4) is 0 Å². The summed E-state index contributed by atoms with van der Waals surface area (Å²) in [5.74, 6) is -1.53. The van der Waals surface area contributed by atoms with Crippen molar-refractivity contribution in [1.29, 1.82) is 0 Å². The number of ether oxygens (including phenoxy) is 2. The predicted octanol–water partition coefficient (Wildman–Crippen LogP) is 6.22. The summed E-state index contributed by atoms with van der Waals surface area (Å²) in [6.07, 6.45) is 1.50. The van der Waals surface area contributed by atoms with E-state index in [4.69, 9.17) is 9.47 Å². The molecule has 0 atom stereocenters. The summed E-state index contributed by atoms with van der Waals surface area (Å²) in [6.45, 7) is 1.89. The highest BCUT2D eigenvalue weighted by molar-refractivity contribution is 9.11. The van der Waals surface area contributed by atoms with Gasteiger partial charge < -0.3 is 9.47 Å². The van der Waals surface area contributed by atoms with Crippen molar-refractivity contribution >= 4 is 55.8 Å². The van der Waals surface area contributed by atoms with Gasteiger partial charge in [0.2, 0.25) is 5.90 Å². The number of esters is 2. The van der Waals surface area contributed by atoms with E-state index in [0.29, 0.717) is 25.8 Å². The van der Waals surface area contributed by atoms with Gasteiger partial charge in [0, 0.05) is 0 Å². The number of nitrogens with zero attached hydrogens (tertiary/aromatic N) is 1. The molecular formula is C24H14Br2FNO4. The van der Waals surface area contributed by atoms with Crippen molar-refractivity contribution in [1.82, 2.24) is 0 Å². The molecule has 0 saturated heterocycles. The summed E-state index contributed by atoms with van der Waals surface area (Å²) in [6, 6.07) is 16.3. The summed E-state index contributed by atoms with van der Waals surface area (Å²) >= 11 is 6.80. The number of aliphatic imine (C=N–C) groups is 1. The number of aryl methyl sites for hydroxylation is 1. The minimum atomic E-state index is -0.689. The number of carbonyl (C=O) groups excluding carboxylic acids is 2. The minimum absolute atomic E-state index is 0.0200. The molecule has 8 heteroatoms. The van der Waals surface area contributed by atoms with Crippen LogP contribution in [0, 0.1) is 12.7 Å². The minimum Gasteiger partial charge on any atom is -0.421 e. The van der Waals surface area contributed by atoms with E-state index in [1.54, 1.807) is 36.4 Å². The van der Waals surface area contributed by atoms with Crippen LogP contribution in [0.25, 0.3) is 6.08 Å². The van der Waals surface area contributed by atoms with E-state index in [2.05, 4.69) is 36.9 Å². The van der Waals surface area contributed by atoms with Crippen LogP contribution in [0.2, 0.25) is 0 Å². The molecule has 4 rings (SSSR count). The molecule has 1 aliphatic rings. The topological polar surface area (TPSA) is 65.0 Å². The Bertz CT molecular complexity index is 1290. The molecule has 3 aromatic carbocycles. The Hall–Kier alpha value is -3.10. The maximum atomic E-state index is 14.0. The van der Waals surface area contributed by atoms with Gasteiger partial charge in [-0.2, -0.15) is 0 Å².